The van der Waals surface area contributed by atoms with Crippen molar-refractivity contribution >= 4 is 28.4 Å². The molecule has 0 aliphatic carbocycles. The topological polar surface area (TPSA) is 91.1 Å². The van der Waals surface area contributed by atoms with Crippen molar-refractivity contribution in [3.8, 4) is 5.69 Å². The average molecular weight is 461 g/mol. The predicted octanol–water partition coefficient (Wildman–Crippen LogP) is 4.84. The molecule has 2 aromatic carbocycles. The van der Waals surface area contributed by atoms with Crippen molar-refractivity contribution in [1.29, 1.82) is 0 Å². The fourth-order valence-electron chi connectivity index (χ4n) is 3.99. The number of aryl methyl sites for hydroxylation is 3. The van der Waals surface area contributed by atoms with Crippen molar-refractivity contribution in [2.24, 2.45) is 0 Å². The third-order valence-electron chi connectivity index (χ3n) is 5.58. The molecule has 0 saturated heterocycles. The molecule has 0 aliphatic rings. The van der Waals surface area contributed by atoms with Crippen LogP contribution in [0.2, 0.25) is 0 Å². The van der Waals surface area contributed by atoms with Gasteiger partial charge in [0.05, 0.1) is 21.8 Å². The van der Waals surface area contributed by atoms with E-state index in [2.05, 4.69) is 33.3 Å². The van der Waals surface area contributed by atoms with E-state index in [0.717, 1.165) is 35.2 Å². The van der Waals surface area contributed by atoms with E-state index < -0.39 is 0 Å². The van der Waals surface area contributed by atoms with E-state index in [1.807, 2.05) is 61.6 Å². The molecule has 0 saturated carbocycles. The molecule has 1 unspecified atom stereocenters. The van der Waals surface area contributed by atoms with Crippen LogP contribution in [0.25, 0.3) is 22.4 Å². The molecule has 3 heterocycles. The maximum Gasteiger partial charge on any atom is 0.267 e. The average Bonchev–Trinajstić information content (AvgIpc) is 3.43. The molecule has 1 atom stereocenters. The molecule has 0 aliphatic heterocycles. The second kappa shape index (κ2) is 8.47. The molecular weight excluding hydrogens is 436 g/mol. The smallest absolute Gasteiger partial charge is 0.267 e. The molecule has 0 fully saturated rings. The lowest BCUT2D eigenvalue weighted by Gasteiger charge is -2.14. The maximum atomic E-state index is 13.5. The summed E-state index contributed by atoms with van der Waals surface area (Å²) in [5.74, 6) is 1.73. The summed E-state index contributed by atoms with van der Waals surface area (Å²) in [6.45, 7) is 8.11. The number of aromatic nitrogens is 6. The summed E-state index contributed by atoms with van der Waals surface area (Å²) in [5.41, 5.74) is 3.56. The molecule has 0 N–H and O–H groups in total. The van der Waals surface area contributed by atoms with Crippen LogP contribution in [-0.4, -0.2) is 29.3 Å². The molecule has 0 amide bonds. The fraction of sp³-hybridized carbons (Fsp3) is 0.292. The normalized spacial score (nSPS) is 12.6. The number of fused-ring (bicyclic) bond motifs is 3. The minimum atomic E-state index is -0.129. The third kappa shape index (κ3) is 3.72. The van der Waals surface area contributed by atoms with Crippen LogP contribution >= 0.6 is 11.8 Å². The zero-order chi connectivity index (χ0) is 23.1. The van der Waals surface area contributed by atoms with Crippen LogP contribution in [-0.2, 0) is 6.42 Å². The highest BCUT2D eigenvalue weighted by Gasteiger charge is 2.22. The van der Waals surface area contributed by atoms with Crippen molar-refractivity contribution in [2.75, 3.05) is 0 Å². The zero-order valence-electron chi connectivity index (χ0n) is 18.9. The first-order valence-corrected chi connectivity index (χ1v) is 11.8. The monoisotopic (exact) mass is 460 g/mol. The lowest BCUT2D eigenvalue weighted by atomic mass is 10.1. The Morgan fingerprint density at radius 3 is 2.73 bits per heavy atom. The van der Waals surface area contributed by atoms with E-state index in [-0.39, 0.29) is 10.8 Å². The van der Waals surface area contributed by atoms with Gasteiger partial charge in [0.25, 0.3) is 5.56 Å². The van der Waals surface area contributed by atoms with Crippen LogP contribution in [0, 0.1) is 13.8 Å². The summed E-state index contributed by atoms with van der Waals surface area (Å²) in [5, 5.41) is 14.1. The minimum absolute atomic E-state index is 0.122. The summed E-state index contributed by atoms with van der Waals surface area (Å²) in [4.78, 5) is 18.0. The Hall–Kier alpha value is -3.46. The van der Waals surface area contributed by atoms with E-state index in [0.29, 0.717) is 28.0 Å². The SMILES string of the molecule is CCCc1noc(C(C)Sc2nnc3n(-c4ccc(C)cc4C)c(=O)c4ccccc4n23)n1. The minimum Gasteiger partial charge on any atom is -0.338 e. The third-order valence-corrected chi connectivity index (χ3v) is 6.61. The Bertz CT molecular complexity index is 1530. The standard InChI is InChI=1S/C24H24N6O2S/c1-5-8-20-25-21(32-28-20)16(4)33-24-27-26-23-29(18-12-11-14(2)13-15(18)3)22(31)17-9-6-7-10-19(17)30(23)24/h6-7,9-13,16H,5,8H2,1-4H3. The van der Waals surface area contributed by atoms with Gasteiger partial charge in [-0.25, -0.2) is 4.57 Å². The molecule has 0 spiro atoms. The molecule has 3 aromatic heterocycles. The first kappa shape index (κ1) is 21.4. The lowest BCUT2D eigenvalue weighted by Crippen LogP contribution is -2.22. The summed E-state index contributed by atoms with van der Waals surface area (Å²) in [6.07, 6.45) is 1.73. The highest BCUT2D eigenvalue weighted by molar-refractivity contribution is 7.99. The summed E-state index contributed by atoms with van der Waals surface area (Å²) < 4.78 is 9.05. The first-order valence-electron chi connectivity index (χ1n) is 10.9. The zero-order valence-corrected chi connectivity index (χ0v) is 19.8. The Balaban J connectivity index is 1.69. The van der Waals surface area contributed by atoms with Gasteiger partial charge in [-0.05, 0) is 51.0 Å². The van der Waals surface area contributed by atoms with Crippen molar-refractivity contribution in [2.45, 2.75) is 50.9 Å². The maximum absolute atomic E-state index is 13.5. The van der Waals surface area contributed by atoms with Crippen molar-refractivity contribution < 1.29 is 4.52 Å². The molecule has 5 rings (SSSR count). The lowest BCUT2D eigenvalue weighted by molar-refractivity contribution is 0.374. The van der Waals surface area contributed by atoms with Gasteiger partial charge in [0, 0.05) is 6.42 Å². The largest absolute Gasteiger partial charge is 0.338 e. The number of thioether (sulfide) groups is 1. The molecule has 33 heavy (non-hydrogen) atoms. The van der Waals surface area contributed by atoms with Crippen molar-refractivity contribution in [1.82, 2.24) is 29.3 Å². The van der Waals surface area contributed by atoms with Gasteiger partial charge >= 0.3 is 0 Å². The van der Waals surface area contributed by atoms with Crippen LogP contribution in [0.1, 0.15) is 48.4 Å². The first-order chi connectivity index (χ1) is 16.0. The highest BCUT2D eigenvalue weighted by Crippen LogP contribution is 2.34. The van der Waals surface area contributed by atoms with E-state index >= 15 is 0 Å². The van der Waals surface area contributed by atoms with Gasteiger partial charge in [-0.1, -0.05) is 53.7 Å². The molecular formula is C24H24N6O2S. The van der Waals surface area contributed by atoms with Crippen LogP contribution < -0.4 is 5.56 Å². The molecule has 168 valence electrons. The van der Waals surface area contributed by atoms with Crippen LogP contribution in [0.4, 0.5) is 0 Å². The molecule has 9 heteroatoms. The number of nitrogens with zero attached hydrogens (tertiary/aromatic N) is 6. The van der Waals surface area contributed by atoms with E-state index in [4.69, 9.17) is 4.52 Å². The Morgan fingerprint density at radius 1 is 1.12 bits per heavy atom. The number of rotatable bonds is 6. The van der Waals surface area contributed by atoms with Gasteiger partial charge in [0.15, 0.2) is 11.0 Å². The summed E-state index contributed by atoms with van der Waals surface area (Å²) in [7, 11) is 0. The molecule has 0 radical (unpaired) electrons. The Labute approximate surface area is 194 Å². The van der Waals surface area contributed by atoms with Crippen molar-refractivity contribution in [3.63, 3.8) is 0 Å². The van der Waals surface area contributed by atoms with Gasteiger partial charge in [-0.15, -0.1) is 10.2 Å². The van der Waals surface area contributed by atoms with Gasteiger partial charge in [-0.2, -0.15) is 4.98 Å². The number of benzene rings is 2. The number of para-hydroxylation sites is 1. The van der Waals surface area contributed by atoms with E-state index in [1.54, 1.807) is 4.57 Å². The number of hydrogen-bond donors (Lipinski definition) is 0. The highest BCUT2D eigenvalue weighted by atomic mass is 32.2. The number of hydrogen-bond acceptors (Lipinski definition) is 7. The summed E-state index contributed by atoms with van der Waals surface area (Å²) >= 11 is 1.47. The quantitative estimate of drug-likeness (QED) is 0.335. The van der Waals surface area contributed by atoms with Gasteiger partial charge in [-0.3, -0.25) is 9.20 Å². The van der Waals surface area contributed by atoms with Gasteiger partial charge in [0.2, 0.25) is 11.7 Å². The Kier molecular flexibility index (Phi) is 5.49. The van der Waals surface area contributed by atoms with Crippen LogP contribution in [0.3, 0.4) is 0 Å². The van der Waals surface area contributed by atoms with Crippen molar-refractivity contribution in [3.05, 3.63) is 75.7 Å². The Morgan fingerprint density at radius 2 is 1.94 bits per heavy atom. The van der Waals surface area contributed by atoms with E-state index in [1.165, 1.54) is 11.8 Å². The molecule has 5 aromatic rings. The second-order valence-corrected chi connectivity index (χ2v) is 9.43. The predicted molar refractivity (Wildman–Crippen MR) is 128 cm³/mol. The van der Waals surface area contributed by atoms with Crippen LogP contribution in [0.5, 0.6) is 0 Å². The van der Waals surface area contributed by atoms with E-state index in [9.17, 15) is 4.79 Å². The molecule has 8 nitrogen and oxygen atoms in total. The van der Waals surface area contributed by atoms with Gasteiger partial charge in [0.1, 0.15) is 0 Å². The van der Waals surface area contributed by atoms with Gasteiger partial charge < -0.3 is 4.52 Å². The molecule has 0 bridgehead atoms. The summed E-state index contributed by atoms with van der Waals surface area (Å²) in [6, 6.07) is 13.6. The van der Waals surface area contributed by atoms with Crippen LogP contribution in [0.15, 0.2) is 56.9 Å². The second-order valence-electron chi connectivity index (χ2n) is 8.12. The fourth-order valence-corrected chi connectivity index (χ4v) is 4.88.